The lowest BCUT2D eigenvalue weighted by molar-refractivity contribution is 0.0948. The van der Waals surface area contributed by atoms with Gasteiger partial charge in [0.1, 0.15) is 5.69 Å². The number of carbonyl (C=O) groups excluding carboxylic acids is 1. The number of carbonyl (C=O) groups is 1. The van der Waals surface area contributed by atoms with E-state index < -0.39 is 0 Å². The van der Waals surface area contributed by atoms with Crippen LogP contribution >= 0.6 is 11.6 Å². The maximum atomic E-state index is 11.4. The molecule has 0 aromatic carbocycles. The smallest absolute Gasteiger partial charge is 0.269 e. The summed E-state index contributed by atoms with van der Waals surface area (Å²) in [5, 5.41) is 3.30. The van der Waals surface area contributed by atoms with Gasteiger partial charge in [0.2, 0.25) is 0 Å². The number of pyridine rings is 1. The molecule has 0 unspecified atom stereocenters. The molecule has 1 aromatic heterocycles. The molecule has 14 heavy (non-hydrogen) atoms. The monoisotopic (exact) mass is 212 g/mol. The zero-order valence-electron chi connectivity index (χ0n) is 8.09. The van der Waals surface area contributed by atoms with Crippen molar-refractivity contribution >= 4 is 17.5 Å². The van der Waals surface area contributed by atoms with Gasteiger partial charge in [-0.15, -0.1) is 0 Å². The van der Waals surface area contributed by atoms with E-state index in [4.69, 9.17) is 11.6 Å². The predicted octanol–water partition coefficient (Wildman–Crippen LogP) is 2.26. The SMILES string of the molecule is CCCCNC(=O)c1cc(Cl)ccn1. The van der Waals surface area contributed by atoms with Crippen molar-refractivity contribution in [1.82, 2.24) is 10.3 Å². The van der Waals surface area contributed by atoms with Crippen molar-refractivity contribution in [3.05, 3.63) is 29.0 Å². The third-order valence-electron chi connectivity index (χ3n) is 1.77. The first-order valence-corrected chi connectivity index (χ1v) is 5.01. The Kier molecular flexibility index (Phi) is 4.40. The summed E-state index contributed by atoms with van der Waals surface area (Å²) in [6, 6.07) is 3.20. The van der Waals surface area contributed by atoms with E-state index in [2.05, 4.69) is 17.2 Å². The van der Waals surface area contributed by atoms with Crippen LogP contribution in [0, 0.1) is 0 Å². The third kappa shape index (κ3) is 3.34. The van der Waals surface area contributed by atoms with Crippen LogP contribution in [0.15, 0.2) is 18.3 Å². The van der Waals surface area contributed by atoms with E-state index in [1.807, 2.05) is 0 Å². The van der Waals surface area contributed by atoms with Crippen molar-refractivity contribution in [1.29, 1.82) is 0 Å². The molecule has 0 fully saturated rings. The lowest BCUT2D eigenvalue weighted by Gasteiger charge is -2.02. The van der Waals surface area contributed by atoms with Gasteiger partial charge < -0.3 is 5.32 Å². The zero-order valence-corrected chi connectivity index (χ0v) is 8.84. The fourth-order valence-corrected chi connectivity index (χ4v) is 1.16. The lowest BCUT2D eigenvalue weighted by atomic mass is 10.3. The van der Waals surface area contributed by atoms with Gasteiger partial charge in [-0.2, -0.15) is 0 Å². The molecule has 4 heteroatoms. The maximum Gasteiger partial charge on any atom is 0.269 e. The van der Waals surface area contributed by atoms with Gasteiger partial charge >= 0.3 is 0 Å². The van der Waals surface area contributed by atoms with Crippen molar-refractivity contribution in [2.24, 2.45) is 0 Å². The van der Waals surface area contributed by atoms with Gasteiger partial charge in [0, 0.05) is 17.8 Å². The van der Waals surface area contributed by atoms with Crippen molar-refractivity contribution in [3.8, 4) is 0 Å². The molecule has 0 aliphatic heterocycles. The van der Waals surface area contributed by atoms with Gasteiger partial charge in [0.15, 0.2) is 0 Å². The maximum absolute atomic E-state index is 11.4. The van der Waals surface area contributed by atoms with Crippen LogP contribution in [0.3, 0.4) is 0 Å². The van der Waals surface area contributed by atoms with Gasteiger partial charge in [0.05, 0.1) is 0 Å². The summed E-state index contributed by atoms with van der Waals surface area (Å²) < 4.78 is 0. The average Bonchev–Trinajstić information content (AvgIpc) is 2.18. The Labute approximate surface area is 88.5 Å². The van der Waals surface area contributed by atoms with E-state index in [0.717, 1.165) is 12.8 Å². The number of hydrogen-bond acceptors (Lipinski definition) is 2. The Morgan fingerprint density at radius 1 is 1.64 bits per heavy atom. The van der Waals surface area contributed by atoms with E-state index in [9.17, 15) is 4.79 Å². The second-order valence-corrected chi connectivity index (χ2v) is 3.41. The summed E-state index contributed by atoms with van der Waals surface area (Å²) in [5.74, 6) is -0.166. The Morgan fingerprint density at radius 2 is 2.43 bits per heavy atom. The molecule has 0 saturated carbocycles. The summed E-state index contributed by atoms with van der Waals surface area (Å²) in [6.45, 7) is 2.76. The van der Waals surface area contributed by atoms with Crippen molar-refractivity contribution in [2.45, 2.75) is 19.8 Å². The van der Waals surface area contributed by atoms with Gasteiger partial charge in [-0.3, -0.25) is 9.78 Å². The lowest BCUT2D eigenvalue weighted by Crippen LogP contribution is -2.25. The summed E-state index contributed by atoms with van der Waals surface area (Å²) in [6.07, 6.45) is 3.56. The number of aromatic nitrogens is 1. The normalized spacial score (nSPS) is 9.86. The molecule has 0 atom stereocenters. The molecule has 0 radical (unpaired) electrons. The van der Waals surface area contributed by atoms with Crippen molar-refractivity contribution in [2.75, 3.05) is 6.54 Å². The van der Waals surface area contributed by atoms with E-state index >= 15 is 0 Å². The Bertz CT molecular complexity index is 315. The highest BCUT2D eigenvalue weighted by atomic mass is 35.5. The number of halogens is 1. The Hall–Kier alpha value is -1.09. The molecule has 1 amide bonds. The number of hydrogen-bond donors (Lipinski definition) is 1. The van der Waals surface area contributed by atoms with E-state index in [-0.39, 0.29) is 5.91 Å². The molecule has 0 bridgehead atoms. The first-order valence-electron chi connectivity index (χ1n) is 4.63. The molecule has 0 spiro atoms. The second kappa shape index (κ2) is 5.60. The first kappa shape index (κ1) is 11.0. The van der Waals surface area contributed by atoms with E-state index in [0.29, 0.717) is 17.3 Å². The molecule has 1 rings (SSSR count). The van der Waals surface area contributed by atoms with Gasteiger partial charge in [-0.05, 0) is 18.6 Å². The number of rotatable bonds is 4. The fraction of sp³-hybridized carbons (Fsp3) is 0.400. The standard InChI is InChI=1S/C10H13ClN2O/c1-2-3-5-13-10(14)9-7-8(11)4-6-12-9/h4,6-7H,2-3,5H2,1H3,(H,13,14). The average molecular weight is 213 g/mol. The third-order valence-corrected chi connectivity index (χ3v) is 2.01. The van der Waals surface area contributed by atoms with Gasteiger partial charge in [-0.25, -0.2) is 0 Å². The molecule has 1 N–H and O–H groups in total. The minimum Gasteiger partial charge on any atom is -0.351 e. The molecule has 3 nitrogen and oxygen atoms in total. The molecule has 0 aliphatic carbocycles. The molecule has 1 aromatic rings. The Balaban J connectivity index is 2.52. The molecule has 76 valence electrons. The highest BCUT2D eigenvalue weighted by Crippen LogP contribution is 2.07. The minimum atomic E-state index is -0.166. The van der Waals surface area contributed by atoms with E-state index in [1.165, 1.54) is 6.20 Å². The number of nitrogens with one attached hydrogen (secondary N) is 1. The van der Waals surface area contributed by atoms with Crippen LogP contribution in [0.4, 0.5) is 0 Å². The first-order chi connectivity index (χ1) is 6.74. The highest BCUT2D eigenvalue weighted by Gasteiger charge is 2.05. The van der Waals surface area contributed by atoms with Crippen LogP contribution in [0.2, 0.25) is 5.02 Å². The highest BCUT2D eigenvalue weighted by molar-refractivity contribution is 6.30. The molecule has 1 heterocycles. The van der Waals surface area contributed by atoms with Crippen LogP contribution in [-0.4, -0.2) is 17.4 Å². The van der Waals surface area contributed by atoms with E-state index in [1.54, 1.807) is 12.1 Å². The quantitative estimate of drug-likeness (QED) is 0.778. The fourth-order valence-electron chi connectivity index (χ4n) is 0.998. The predicted molar refractivity (Wildman–Crippen MR) is 56.5 cm³/mol. The largest absolute Gasteiger partial charge is 0.351 e. The summed E-state index contributed by atoms with van der Waals surface area (Å²) in [7, 11) is 0. The summed E-state index contributed by atoms with van der Waals surface area (Å²) in [4.78, 5) is 15.4. The van der Waals surface area contributed by atoms with Crippen LogP contribution in [-0.2, 0) is 0 Å². The second-order valence-electron chi connectivity index (χ2n) is 2.97. The van der Waals surface area contributed by atoms with Gasteiger partial charge in [0.25, 0.3) is 5.91 Å². The van der Waals surface area contributed by atoms with Crippen LogP contribution in [0.25, 0.3) is 0 Å². The van der Waals surface area contributed by atoms with Crippen LogP contribution in [0.1, 0.15) is 30.3 Å². The number of amides is 1. The molecule has 0 aliphatic rings. The van der Waals surface area contributed by atoms with Crippen LogP contribution in [0.5, 0.6) is 0 Å². The molecular formula is C10H13ClN2O. The molecular weight excluding hydrogens is 200 g/mol. The Morgan fingerprint density at radius 3 is 3.07 bits per heavy atom. The summed E-state index contributed by atoms with van der Waals surface area (Å²) in [5.41, 5.74) is 0.369. The van der Waals surface area contributed by atoms with Crippen LogP contribution < -0.4 is 5.32 Å². The number of unbranched alkanes of at least 4 members (excludes halogenated alkanes) is 1. The molecule has 0 saturated heterocycles. The number of nitrogens with zero attached hydrogens (tertiary/aromatic N) is 1. The van der Waals surface area contributed by atoms with Crippen molar-refractivity contribution < 1.29 is 4.79 Å². The van der Waals surface area contributed by atoms with Gasteiger partial charge in [-0.1, -0.05) is 24.9 Å². The summed E-state index contributed by atoms with van der Waals surface area (Å²) >= 11 is 5.73. The topological polar surface area (TPSA) is 42.0 Å². The minimum absolute atomic E-state index is 0.166. The zero-order chi connectivity index (χ0) is 10.4. The van der Waals surface area contributed by atoms with Crippen molar-refractivity contribution in [3.63, 3.8) is 0 Å².